The van der Waals surface area contributed by atoms with Gasteiger partial charge in [-0.1, -0.05) is 0 Å². The number of hydrogen-bond donors (Lipinski definition) is 2. The Hall–Kier alpha value is -1.62. The minimum Gasteiger partial charge on any atom is -0.371 e. The number of nitrogens with zero attached hydrogens (tertiary/aromatic N) is 1. The van der Waals surface area contributed by atoms with Crippen LogP contribution in [0, 0.1) is 11.7 Å². The van der Waals surface area contributed by atoms with Gasteiger partial charge < -0.3 is 15.5 Å². The van der Waals surface area contributed by atoms with Crippen LogP contribution in [0.2, 0.25) is 0 Å². The van der Waals surface area contributed by atoms with Gasteiger partial charge in [0.05, 0.1) is 0 Å². The van der Waals surface area contributed by atoms with Crippen molar-refractivity contribution in [2.45, 2.75) is 19.4 Å². The van der Waals surface area contributed by atoms with E-state index >= 15 is 0 Å². The van der Waals surface area contributed by atoms with Crippen molar-refractivity contribution in [1.82, 2.24) is 10.6 Å². The van der Waals surface area contributed by atoms with Gasteiger partial charge in [-0.2, -0.15) is 0 Å². The molecule has 1 aliphatic rings. The van der Waals surface area contributed by atoms with Gasteiger partial charge in [0, 0.05) is 38.3 Å². The van der Waals surface area contributed by atoms with Crippen molar-refractivity contribution in [3.8, 4) is 0 Å². The molecule has 0 bridgehead atoms. The summed E-state index contributed by atoms with van der Waals surface area (Å²) in [5, 5.41) is 5.73. The molecular formula is C15H22FN3O. The van der Waals surface area contributed by atoms with E-state index in [4.69, 9.17) is 0 Å². The Bertz CT molecular complexity index is 470. The lowest BCUT2D eigenvalue weighted by Crippen LogP contribution is -2.39. The predicted molar refractivity (Wildman–Crippen MR) is 78.2 cm³/mol. The molecule has 2 N–H and O–H groups in total. The third-order valence-electron chi connectivity index (χ3n) is 3.80. The van der Waals surface area contributed by atoms with Crippen LogP contribution in [-0.4, -0.2) is 33.1 Å². The first-order valence-corrected chi connectivity index (χ1v) is 7.04. The first kappa shape index (κ1) is 14.8. The number of carbonyl (C=O) groups excluding carboxylic acids is 1. The summed E-state index contributed by atoms with van der Waals surface area (Å²) in [5.74, 6) is -0.0115. The highest BCUT2D eigenvalue weighted by Gasteiger charge is 2.24. The molecule has 5 heteroatoms. The van der Waals surface area contributed by atoms with Gasteiger partial charge in [-0.05, 0) is 43.7 Å². The second kappa shape index (κ2) is 6.70. The number of anilines is 1. The molecule has 1 aliphatic heterocycles. The first-order chi connectivity index (χ1) is 9.63. The number of halogens is 1. The molecule has 1 fully saturated rings. The van der Waals surface area contributed by atoms with Crippen LogP contribution in [0.15, 0.2) is 18.2 Å². The molecule has 1 heterocycles. The molecule has 0 aromatic heterocycles. The number of amides is 1. The third-order valence-corrected chi connectivity index (χ3v) is 3.80. The van der Waals surface area contributed by atoms with Crippen molar-refractivity contribution in [2.24, 2.45) is 5.92 Å². The average Bonchev–Trinajstić information content (AvgIpc) is 2.46. The molecule has 1 aromatic rings. The fourth-order valence-electron chi connectivity index (χ4n) is 2.73. The summed E-state index contributed by atoms with van der Waals surface area (Å²) in [6.45, 7) is 2.24. The summed E-state index contributed by atoms with van der Waals surface area (Å²) in [4.78, 5) is 13.8. The maximum atomic E-state index is 13.6. The lowest BCUT2D eigenvalue weighted by atomic mass is 9.95. The molecule has 0 radical (unpaired) electrons. The summed E-state index contributed by atoms with van der Waals surface area (Å²) in [6, 6.07) is 5.14. The van der Waals surface area contributed by atoms with E-state index in [1.54, 1.807) is 19.2 Å². The topological polar surface area (TPSA) is 44.4 Å². The largest absolute Gasteiger partial charge is 0.371 e. The normalized spacial score (nSPS) is 16.2. The van der Waals surface area contributed by atoms with Gasteiger partial charge in [-0.3, -0.25) is 4.79 Å². The van der Waals surface area contributed by atoms with Crippen LogP contribution >= 0.6 is 0 Å². The molecule has 110 valence electrons. The van der Waals surface area contributed by atoms with E-state index < -0.39 is 0 Å². The Balaban J connectivity index is 2.04. The highest BCUT2D eigenvalue weighted by atomic mass is 19.1. The van der Waals surface area contributed by atoms with Crippen LogP contribution in [0.4, 0.5) is 10.1 Å². The van der Waals surface area contributed by atoms with E-state index in [1.807, 2.05) is 13.1 Å². The van der Waals surface area contributed by atoms with Crippen LogP contribution in [0.25, 0.3) is 0 Å². The number of rotatable bonds is 4. The van der Waals surface area contributed by atoms with E-state index in [1.165, 1.54) is 0 Å². The number of carbonyl (C=O) groups is 1. The molecule has 0 unspecified atom stereocenters. The summed E-state index contributed by atoms with van der Waals surface area (Å²) in [6.07, 6.45) is 1.63. The summed E-state index contributed by atoms with van der Waals surface area (Å²) in [7, 11) is 3.52. The van der Waals surface area contributed by atoms with Crippen molar-refractivity contribution in [2.75, 3.05) is 32.1 Å². The van der Waals surface area contributed by atoms with Crippen molar-refractivity contribution >= 4 is 11.6 Å². The lowest BCUT2D eigenvalue weighted by Gasteiger charge is -2.33. The van der Waals surface area contributed by atoms with E-state index in [9.17, 15) is 9.18 Å². The standard InChI is InChI=1S/C15H22FN3O/c1-17-10-11-7-13(16)9-14(8-11)19-5-3-12(4-6-19)15(20)18-2/h7-9,12,17H,3-6,10H2,1-2H3,(H,18,20). The Morgan fingerprint density at radius 2 is 2.00 bits per heavy atom. The number of benzene rings is 1. The highest BCUT2D eigenvalue weighted by molar-refractivity contribution is 5.78. The molecule has 0 saturated carbocycles. The van der Waals surface area contributed by atoms with Gasteiger partial charge in [0.2, 0.25) is 5.91 Å². The molecule has 0 atom stereocenters. The Labute approximate surface area is 119 Å². The van der Waals surface area contributed by atoms with Crippen molar-refractivity contribution in [3.05, 3.63) is 29.6 Å². The monoisotopic (exact) mass is 279 g/mol. The second-order valence-corrected chi connectivity index (χ2v) is 5.22. The van der Waals surface area contributed by atoms with Crippen molar-refractivity contribution < 1.29 is 9.18 Å². The van der Waals surface area contributed by atoms with Crippen molar-refractivity contribution in [1.29, 1.82) is 0 Å². The predicted octanol–water partition coefficient (Wildman–Crippen LogP) is 1.51. The average molecular weight is 279 g/mol. The zero-order chi connectivity index (χ0) is 14.5. The zero-order valence-corrected chi connectivity index (χ0v) is 12.1. The minimum absolute atomic E-state index is 0.0848. The third kappa shape index (κ3) is 3.48. The molecule has 2 rings (SSSR count). The summed E-state index contributed by atoms with van der Waals surface area (Å²) >= 11 is 0. The molecule has 0 aliphatic carbocycles. The summed E-state index contributed by atoms with van der Waals surface area (Å²) < 4.78 is 13.6. The lowest BCUT2D eigenvalue weighted by molar-refractivity contribution is -0.125. The smallest absolute Gasteiger partial charge is 0.222 e. The van der Waals surface area contributed by atoms with Crippen molar-refractivity contribution in [3.63, 3.8) is 0 Å². The first-order valence-electron chi connectivity index (χ1n) is 7.04. The Morgan fingerprint density at radius 3 is 2.60 bits per heavy atom. The van der Waals surface area contributed by atoms with Crippen LogP contribution in [0.5, 0.6) is 0 Å². The minimum atomic E-state index is -0.207. The maximum Gasteiger partial charge on any atom is 0.222 e. The van der Waals surface area contributed by atoms with Crippen LogP contribution in [0.3, 0.4) is 0 Å². The zero-order valence-electron chi connectivity index (χ0n) is 12.1. The fourth-order valence-corrected chi connectivity index (χ4v) is 2.73. The quantitative estimate of drug-likeness (QED) is 0.878. The molecule has 1 aromatic carbocycles. The fraction of sp³-hybridized carbons (Fsp3) is 0.533. The van der Waals surface area contributed by atoms with E-state index in [0.717, 1.165) is 37.2 Å². The van der Waals surface area contributed by atoms with E-state index in [2.05, 4.69) is 15.5 Å². The van der Waals surface area contributed by atoms with Crippen LogP contribution < -0.4 is 15.5 Å². The van der Waals surface area contributed by atoms with Gasteiger partial charge in [0.25, 0.3) is 0 Å². The van der Waals surface area contributed by atoms with Gasteiger partial charge >= 0.3 is 0 Å². The molecule has 0 spiro atoms. The van der Waals surface area contributed by atoms with Gasteiger partial charge in [0.15, 0.2) is 0 Å². The molecule has 4 nitrogen and oxygen atoms in total. The number of nitrogens with one attached hydrogen (secondary N) is 2. The molecule has 1 saturated heterocycles. The van der Waals surface area contributed by atoms with Gasteiger partial charge in [0.1, 0.15) is 5.82 Å². The maximum absolute atomic E-state index is 13.6. The molecule has 1 amide bonds. The molecular weight excluding hydrogens is 257 g/mol. The van der Waals surface area contributed by atoms with Gasteiger partial charge in [-0.25, -0.2) is 4.39 Å². The van der Waals surface area contributed by atoms with Crippen LogP contribution in [-0.2, 0) is 11.3 Å². The number of hydrogen-bond acceptors (Lipinski definition) is 3. The van der Waals surface area contributed by atoms with E-state index in [-0.39, 0.29) is 17.6 Å². The van der Waals surface area contributed by atoms with Crippen LogP contribution in [0.1, 0.15) is 18.4 Å². The molecule has 20 heavy (non-hydrogen) atoms. The Kier molecular flexibility index (Phi) is 4.95. The SMILES string of the molecule is CNCc1cc(F)cc(N2CCC(C(=O)NC)CC2)c1. The summed E-state index contributed by atoms with van der Waals surface area (Å²) in [5.41, 5.74) is 1.85. The Morgan fingerprint density at radius 1 is 1.30 bits per heavy atom. The second-order valence-electron chi connectivity index (χ2n) is 5.22. The van der Waals surface area contributed by atoms with Gasteiger partial charge in [-0.15, -0.1) is 0 Å². The number of piperidine rings is 1. The highest BCUT2D eigenvalue weighted by Crippen LogP contribution is 2.25. The van der Waals surface area contributed by atoms with E-state index in [0.29, 0.717) is 6.54 Å².